The summed E-state index contributed by atoms with van der Waals surface area (Å²) in [6.45, 7) is 4.45. The van der Waals surface area contributed by atoms with E-state index in [0.29, 0.717) is 24.7 Å². The van der Waals surface area contributed by atoms with Crippen molar-refractivity contribution < 1.29 is 18.7 Å². The van der Waals surface area contributed by atoms with Crippen LogP contribution in [0.1, 0.15) is 25.0 Å². The van der Waals surface area contributed by atoms with Gasteiger partial charge in [0, 0.05) is 31.0 Å². The molecule has 0 spiro atoms. The second-order valence-electron chi connectivity index (χ2n) is 6.10. The van der Waals surface area contributed by atoms with E-state index in [1.807, 2.05) is 6.07 Å². The van der Waals surface area contributed by atoms with Crippen molar-refractivity contribution in [3.63, 3.8) is 0 Å². The van der Waals surface area contributed by atoms with Gasteiger partial charge in [-0.2, -0.15) is 0 Å². The minimum Gasteiger partial charge on any atom is -0.475 e. The number of methoxy groups -OCH3 is 1. The van der Waals surface area contributed by atoms with Crippen LogP contribution >= 0.6 is 0 Å². The van der Waals surface area contributed by atoms with Crippen LogP contribution in [0.15, 0.2) is 42.6 Å². The lowest BCUT2D eigenvalue weighted by atomic mass is 9.83. The average Bonchev–Trinajstić information content (AvgIpc) is 2.61. The van der Waals surface area contributed by atoms with Gasteiger partial charge in [0.1, 0.15) is 12.4 Å². The highest BCUT2D eigenvalue weighted by Gasteiger charge is 2.32. The molecule has 6 heteroatoms. The summed E-state index contributed by atoms with van der Waals surface area (Å²) in [4.78, 5) is 16.8. The molecule has 0 fully saturated rings. The number of halogens is 1. The number of amides is 1. The lowest BCUT2D eigenvalue weighted by molar-refractivity contribution is -0.125. The molecule has 2 aromatic rings. The Hall–Kier alpha value is -2.47. The molecule has 2 rings (SSSR count). The van der Waals surface area contributed by atoms with Crippen LogP contribution < -0.4 is 10.1 Å². The molecular formula is C19H23FN2O3. The lowest BCUT2D eigenvalue weighted by Crippen LogP contribution is -2.40. The van der Waals surface area contributed by atoms with Crippen molar-refractivity contribution in [1.29, 1.82) is 0 Å². The zero-order chi connectivity index (χ0) is 18.3. The summed E-state index contributed by atoms with van der Waals surface area (Å²) in [5.74, 6) is -0.222. The Morgan fingerprint density at radius 3 is 2.68 bits per heavy atom. The highest BCUT2D eigenvalue weighted by Crippen LogP contribution is 2.26. The number of carbonyl (C=O) groups is 1. The highest BCUT2D eigenvalue weighted by molar-refractivity contribution is 5.87. The molecular weight excluding hydrogens is 323 g/mol. The molecule has 134 valence electrons. The van der Waals surface area contributed by atoms with E-state index in [-0.39, 0.29) is 12.5 Å². The fourth-order valence-electron chi connectivity index (χ4n) is 2.40. The molecule has 0 bridgehead atoms. The van der Waals surface area contributed by atoms with Gasteiger partial charge in [0.2, 0.25) is 11.8 Å². The molecule has 1 heterocycles. The van der Waals surface area contributed by atoms with Crippen molar-refractivity contribution in [3.05, 3.63) is 59.5 Å². The maximum atomic E-state index is 14.0. The summed E-state index contributed by atoms with van der Waals surface area (Å²) in [5, 5.41) is 2.84. The van der Waals surface area contributed by atoms with Gasteiger partial charge >= 0.3 is 0 Å². The quantitative estimate of drug-likeness (QED) is 0.747. The Balaban J connectivity index is 2.06. The van der Waals surface area contributed by atoms with E-state index in [4.69, 9.17) is 9.47 Å². The predicted molar refractivity (Wildman–Crippen MR) is 92.9 cm³/mol. The Morgan fingerprint density at radius 1 is 1.20 bits per heavy atom. The number of benzene rings is 1. The summed E-state index contributed by atoms with van der Waals surface area (Å²) in [6, 6.07) is 9.89. The first-order valence-electron chi connectivity index (χ1n) is 8.05. The van der Waals surface area contributed by atoms with Crippen LogP contribution in [0.4, 0.5) is 4.39 Å². The second kappa shape index (κ2) is 8.58. The molecule has 1 aromatic heterocycles. The van der Waals surface area contributed by atoms with Crippen LogP contribution in [0.5, 0.6) is 5.88 Å². The maximum Gasteiger partial charge on any atom is 0.230 e. The minimum absolute atomic E-state index is 0.243. The smallest absolute Gasteiger partial charge is 0.230 e. The van der Waals surface area contributed by atoms with Gasteiger partial charge in [0.25, 0.3) is 0 Å². The van der Waals surface area contributed by atoms with Crippen LogP contribution in [-0.4, -0.2) is 31.2 Å². The lowest BCUT2D eigenvalue weighted by Gasteiger charge is -2.24. The number of hydrogen-bond donors (Lipinski definition) is 1. The van der Waals surface area contributed by atoms with Crippen molar-refractivity contribution in [2.75, 3.05) is 20.3 Å². The van der Waals surface area contributed by atoms with Crippen LogP contribution in [0, 0.1) is 5.82 Å². The number of rotatable bonds is 8. The maximum absolute atomic E-state index is 14.0. The summed E-state index contributed by atoms with van der Waals surface area (Å²) in [5.41, 5.74) is 0.108. The van der Waals surface area contributed by atoms with Gasteiger partial charge in [0.15, 0.2) is 0 Å². The van der Waals surface area contributed by atoms with Crippen molar-refractivity contribution in [2.24, 2.45) is 0 Å². The summed E-state index contributed by atoms with van der Waals surface area (Å²) < 4.78 is 24.5. The number of nitrogens with one attached hydrogen (secondary N) is 1. The third kappa shape index (κ3) is 4.76. The number of ether oxygens (including phenoxy) is 2. The fraction of sp³-hybridized carbons (Fsp3) is 0.368. The molecule has 0 unspecified atom stereocenters. The van der Waals surface area contributed by atoms with Crippen LogP contribution in [-0.2, 0) is 21.5 Å². The standard InChI is InChI=1S/C19H23FN2O3/c1-19(2,15-8-4-5-9-16(15)20)18(23)22-13-14-7-6-10-21-17(14)25-12-11-24-3/h4-10H,11-13H2,1-3H3,(H,22,23). The van der Waals surface area contributed by atoms with Crippen molar-refractivity contribution in [3.8, 4) is 5.88 Å². The van der Waals surface area contributed by atoms with E-state index < -0.39 is 11.2 Å². The first-order chi connectivity index (χ1) is 12.0. The molecule has 1 amide bonds. The van der Waals surface area contributed by atoms with E-state index in [2.05, 4.69) is 10.3 Å². The Bertz CT molecular complexity index is 719. The Labute approximate surface area is 147 Å². The van der Waals surface area contributed by atoms with Crippen molar-refractivity contribution in [1.82, 2.24) is 10.3 Å². The van der Waals surface area contributed by atoms with E-state index in [9.17, 15) is 9.18 Å². The molecule has 5 nitrogen and oxygen atoms in total. The SMILES string of the molecule is COCCOc1ncccc1CNC(=O)C(C)(C)c1ccccc1F. The second-order valence-corrected chi connectivity index (χ2v) is 6.10. The third-order valence-corrected chi connectivity index (χ3v) is 3.93. The van der Waals surface area contributed by atoms with Crippen LogP contribution in [0.3, 0.4) is 0 Å². The molecule has 0 atom stereocenters. The summed E-state index contributed by atoms with van der Waals surface area (Å²) >= 11 is 0. The number of hydrogen-bond acceptors (Lipinski definition) is 4. The van der Waals surface area contributed by atoms with E-state index in [1.54, 1.807) is 51.4 Å². The van der Waals surface area contributed by atoms with E-state index in [1.165, 1.54) is 6.07 Å². The van der Waals surface area contributed by atoms with Gasteiger partial charge in [-0.3, -0.25) is 4.79 Å². The van der Waals surface area contributed by atoms with Gasteiger partial charge in [-0.15, -0.1) is 0 Å². The minimum atomic E-state index is -0.995. The molecule has 0 saturated carbocycles. The van der Waals surface area contributed by atoms with Gasteiger partial charge in [0.05, 0.1) is 12.0 Å². The molecule has 25 heavy (non-hydrogen) atoms. The monoisotopic (exact) mass is 346 g/mol. The molecule has 0 aliphatic carbocycles. The topological polar surface area (TPSA) is 60.5 Å². The number of nitrogens with zero attached hydrogens (tertiary/aromatic N) is 1. The van der Waals surface area contributed by atoms with Gasteiger partial charge in [-0.05, 0) is 26.0 Å². The van der Waals surface area contributed by atoms with Crippen molar-refractivity contribution in [2.45, 2.75) is 25.8 Å². The van der Waals surface area contributed by atoms with Gasteiger partial charge in [-0.1, -0.05) is 24.3 Å². The van der Waals surface area contributed by atoms with Crippen LogP contribution in [0.25, 0.3) is 0 Å². The zero-order valence-corrected chi connectivity index (χ0v) is 14.7. The first kappa shape index (κ1) is 18.9. The predicted octanol–water partition coefficient (Wildman–Crippen LogP) is 2.84. The molecule has 0 radical (unpaired) electrons. The molecule has 0 aliphatic rings. The molecule has 1 aromatic carbocycles. The largest absolute Gasteiger partial charge is 0.475 e. The van der Waals surface area contributed by atoms with Crippen LogP contribution in [0.2, 0.25) is 0 Å². The average molecular weight is 346 g/mol. The van der Waals surface area contributed by atoms with E-state index >= 15 is 0 Å². The zero-order valence-electron chi connectivity index (χ0n) is 14.7. The molecule has 0 aliphatic heterocycles. The third-order valence-electron chi connectivity index (χ3n) is 3.93. The normalized spacial score (nSPS) is 11.2. The summed E-state index contributed by atoms with van der Waals surface area (Å²) in [6.07, 6.45) is 1.62. The van der Waals surface area contributed by atoms with E-state index in [0.717, 1.165) is 5.56 Å². The fourth-order valence-corrected chi connectivity index (χ4v) is 2.40. The number of carbonyl (C=O) groups excluding carboxylic acids is 1. The van der Waals surface area contributed by atoms with Gasteiger partial charge in [-0.25, -0.2) is 9.37 Å². The van der Waals surface area contributed by atoms with Crippen molar-refractivity contribution >= 4 is 5.91 Å². The molecule has 0 saturated heterocycles. The Morgan fingerprint density at radius 2 is 1.96 bits per heavy atom. The Kier molecular flexibility index (Phi) is 6.47. The van der Waals surface area contributed by atoms with Gasteiger partial charge < -0.3 is 14.8 Å². The molecule has 1 N–H and O–H groups in total. The number of aromatic nitrogens is 1. The number of pyridine rings is 1. The summed E-state index contributed by atoms with van der Waals surface area (Å²) in [7, 11) is 1.59. The first-order valence-corrected chi connectivity index (χ1v) is 8.05. The highest BCUT2D eigenvalue weighted by atomic mass is 19.1.